The average molecular weight is 442 g/mol. The Bertz CT molecular complexity index is 912. The van der Waals surface area contributed by atoms with Crippen molar-refractivity contribution in [3.63, 3.8) is 0 Å². The van der Waals surface area contributed by atoms with E-state index in [1.165, 1.54) is 6.42 Å². The minimum Gasteiger partial charge on any atom is -0.464 e. The van der Waals surface area contributed by atoms with Crippen molar-refractivity contribution in [3.05, 3.63) is 47.9 Å². The quantitative estimate of drug-likeness (QED) is 0.656. The number of aliphatic hydroxyl groups is 1. The number of allylic oxidation sites excluding steroid dienone is 1. The van der Waals surface area contributed by atoms with Gasteiger partial charge in [0.1, 0.15) is 5.58 Å². The number of amides is 1. The van der Waals surface area contributed by atoms with Crippen molar-refractivity contribution in [2.24, 2.45) is 5.92 Å². The number of hydrogen-bond acceptors (Lipinski definition) is 5. The molecule has 1 aromatic heterocycles. The predicted molar refractivity (Wildman–Crippen MR) is 123 cm³/mol. The molecule has 1 N–H and O–H groups in total. The van der Waals surface area contributed by atoms with Gasteiger partial charge in [0.05, 0.1) is 6.26 Å². The van der Waals surface area contributed by atoms with Crippen molar-refractivity contribution < 1.29 is 23.8 Å². The fourth-order valence-corrected chi connectivity index (χ4v) is 4.98. The van der Waals surface area contributed by atoms with Gasteiger partial charge in [0.2, 0.25) is 6.29 Å². The fourth-order valence-electron chi connectivity index (χ4n) is 4.98. The lowest BCUT2D eigenvalue weighted by molar-refractivity contribution is -0.170. The van der Waals surface area contributed by atoms with Crippen LogP contribution in [0.25, 0.3) is 11.0 Å². The molecule has 0 spiro atoms. The standard InChI is InChI=1S/C26H35NO5/c1-2-30-26-20(12-10-16-28)21(22-18-31-23-13-7-6-11-19(22)23)17-24(32-26)25(29)27-14-8-4-3-5-9-15-27/h6-7,11,13,17-18,20-21,26,28H,2-5,8-10,12,14-16H2,1H3/t20-,21+,26-/m1/s1. The molecule has 0 radical (unpaired) electrons. The highest BCUT2D eigenvalue weighted by Crippen LogP contribution is 2.42. The summed E-state index contributed by atoms with van der Waals surface area (Å²) < 4.78 is 18.0. The monoisotopic (exact) mass is 441 g/mol. The van der Waals surface area contributed by atoms with Crippen molar-refractivity contribution in [3.8, 4) is 0 Å². The Morgan fingerprint density at radius 2 is 1.91 bits per heavy atom. The normalized spacial score (nSPS) is 24.5. The molecular formula is C26H35NO5. The van der Waals surface area contributed by atoms with Crippen molar-refractivity contribution in [1.29, 1.82) is 0 Å². The van der Waals surface area contributed by atoms with E-state index in [9.17, 15) is 9.90 Å². The van der Waals surface area contributed by atoms with E-state index in [2.05, 4.69) is 6.07 Å². The summed E-state index contributed by atoms with van der Waals surface area (Å²) >= 11 is 0. The Morgan fingerprint density at radius 3 is 2.66 bits per heavy atom. The molecule has 0 saturated carbocycles. The van der Waals surface area contributed by atoms with Crippen LogP contribution >= 0.6 is 0 Å². The van der Waals surface area contributed by atoms with Gasteiger partial charge in [-0.05, 0) is 44.7 Å². The molecule has 6 nitrogen and oxygen atoms in total. The second kappa shape index (κ2) is 11.0. The molecule has 4 rings (SSSR count). The molecule has 3 heterocycles. The van der Waals surface area contributed by atoms with Crippen LogP contribution in [0.5, 0.6) is 0 Å². The lowest BCUT2D eigenvalue weighted by Crippen LogP contribution is -2.41. The van der Waals surface area contributed by atoms with Gasteiger partial charge in [-0.1, -0.05) is 37.5 Å². The largest absolute Gasteiger partial charge is 0.464 e. The highest BCUT2D eigenvalue weighted by Gasteiger charge is 2.39. The maximum absolute atomic E-state index is 13.5. The van der Waals surface area contributed by atoms with Crippen molar-refractivity contribution in [2.75, 3.05) is 26.3 Å². The van der Waals surface area contributed by atoms with E-state index >= 15 is 0 Å². The van der Waals surface area contributed by atoms with Gasteiger partial charge in [-0.2, -0.15) is 0 Å². The van der Waals surface area contributed by atoms with E-state index in [4.69, 9.17) is 13.9 Å². The summed E-state index contributed by atoms with van der Waals surface area (Å²) in [7, 11) is 0. The van der Waals surface area contributed by atoms with Gasteiger partial charge >= 0.3 is 0 Å². The number of carbonyl (C=O) groups excluding carboxylic acids is 1. The predicted octanol–water partition coefficient (Wildman–Crippen LogP) is 4.97. The number of fused-ring (bicyclic) bond motifs is 1. The molecule has 1 aromatic carbocycles. The van der Waals surface area contributed by atoms with Crippen molar-refractivity contribution in [2.45, 2.75) is 64.1 Å². The smallest absolute Gasteiger partial charge is 0.288 e. The number of para-hydroxylation sites is 1. The lowest BCUT2D eigenvalue weighted by Gasteiger charge is -2.38. The summed E-state index contributed by atoms with van der Waals surface area (Å²) in [5, 5.41) is 10.5. The van der Waals surface area contributed by atoms with Crippen molar-refractivity contribution in [1.82, 2.24) is 4.90 Å². The maximum atomic E-state index is 13.5. The fraction of sp³-hybridized carbons (Fsp3) is 0.577. The summed E-state index contributed by atoms with van der Waals surface area (Å²) in [6.07, 6.45) is 10.2. The van der Waals surface area contributed by atoms with Gasteiger partial charge in [0.25, 0.3) is 5.91 Å². The third-order valence-electron chi connectivity index (χ3n) is 6.64. The number of carbonyl (C=O) groups is 1. The second-order valence-corrected chi connectivity index (χ2v) is 8.78. The van der Waals surface area contributed by atoms with E-state index in [1.807, 2.05) is 36.1 Å². The molecule has 3 atom stereocenters. The van der Waals surface area contributed by atoms with E-state index in [0.717, 1.165) is 61.7 Å². The number of hydrogen-bond donors (Lipinski definition) is 1. The van der Waals surface area contributed by atoms with Crippen molar-refractivity contribution >= 4 is 16.9 Å². The first kappa shape index (κ1) is 22.9. The number of nitrogens with zero attached hydrogens (tertiary/aromatic N) is 1. The minimum atomic E-state index is -0.538. The van der Waals surface area contributed by atoms with E-state index in [-0.39, 0.29) is 24.3 Å². The van der Waals surface area contributed by atoms with Crippen LogP contribution in [0.3, 0.4) is 0 Å². The number of benzene rings is 1. The van der Waals surface area contributed by atoms with Crippen LogP contribution in [0, 0.1) is 5.92 Å². The number of ether oxygens (including phenoxy) is 2. The Labute approximate surface area is 190 Å². The average Bonchev–Trinajstić information content (AvgIpc) is 3.21. The van der Waals surface area contributed by atoms with Crippen LogP contribution in [-0.4, -0.2) is 48.5 Å². The summed E-state index contributed by atoms with van der Waals surface area (Å²) in [4.78, 5) is 15.4. The molecule has 1 amide bonds. The third-order valence-corrected chi connectivity index (χ3v) is 6.64. The first-order valence-corrected chi connectivity index (χ1v) is 12.1. The zero-order chi connectivity index (χ0) is 22.3. The molecule has 6 heteroatoms. The minimum absolute atomic E-state index is 0.0213. The van der Waals surface area contributed by atoms with Gasteiger partial charge < -0.3 is 23.9 Å². The topological polar surface area (TPSA) is 72.1 Å². The molecule has 1 saturated heterocycles. The number of furan rings is 1. The molecule has 1 fully saturated rings. The summed E-state index contributed by atoms with van der Waals surface area (Å²) in [6.45, 7) is 4.08. The van der Waals surface area contributed by atoms with Crippen LogP contribution in [0.2, 0.25) is 0 Å². The number of rotatable bonds is 7. The highest BCUT2D eigenvalue weighted by atomic mass is 16.7. The lowest BCUT2D eigenvalue weighted by atomic mass is 9.80. The molecule has 32 heavy (non-hydrogen) atoms. The van der Waals surface area contributed by atoms with Crippen LogP contribution in [0.1, 0.15) is 63.4 Å². The third kappa shape index (κ3) is 5.02. The Balaban J connectivity index is 1.70. The van der Waals surface area contributed by atoms with Gasteiger partial charge in [-0.15, -0.1) is 0 Å². The summed E-state index contributed by atoms with van der Waals surface area (Å²) in [5.74, 6) is 0.214. The van der Waals surface area contributed by atoms with Crippen LogP contribution in [-0.2, 0) is 14.3 Å². The summed E-state index contributed by atoms with van der Waals surface area (Å²) in [5.41, 5.74) is 1.86. The Hall–Kier alpha value is -2.31. The highest BCUT2D eigenvalue weighted by molar-refractivity contribution is 5.92. The van der Waals surface area contributed by atoms with Gasteiger partial charge in [-0.3, -0.25) is 4.79 Å². The molecule has 2 aliphatic heterocycles. The Morgan fingerprint density at radius 1 is 1.16 bits per heavy atom. The van der Waals surface area contributed by atoms with Gasteiger partial charge in [0.15, 0.2) is 5.76 Å². The molecule has 2 aromatic rings. The van der Waals surface area contributed by atoms with Crippen LogP contribution in [0.15, 0.2) is 46.8 Å². The maximum Gasteiger partial charge on any atom is 0.288 e. The SMILES string of the molecule is CCO[C@@H]1OC(C(=O)N2CCCCCCC2)=C[C@H](c2coc3ccccc23)[C@H]1CCCO. The summed E-state index contributed by atoms with van der Waals surface area (Å²) in [6, 6.07) is 7.96. The molecule has 0 bridgehead atoms. The molecule has 0 aliphatic carbocycles. The van der Waals surface area contributed by atoms with Gasteiger partial charge in [-0.25, -0.2) is 0 Å². The zero-order valence-electron chi connectivity index (χ0n) is 19.0. The zero-order valence-corrected chi connectivity index (χ0v) is 19.0. The second-order valence-electron chi connectivity index (χ2n) is 8.78. The van der Waals surface area contributed by atoms with Gasteiger partial charge in [0, 0.05) is 49.1 Å². The Kier molecular flexibility index (Phi) is 7.87. The number of likely N-dealkylation sites (tertiary alicyclic amines) is 1. The van der Waals surface area contributed by atoms with E-state index in [1.54, 1.807) is 6.26 Å². The molecule has 0 unspecified atom stereocenters. The molecular weight excluding hydrogens is 406 g/mol. The van der Waals surface area contributed by atoms with Crippen LogP contribution < -0.4 is 0 Å². The van der Waals surface area contributed by atoms with Crippen LogP contribution in [0.4, 0.5) is 0 Å². The van der Waals surface area contributed by atoms with E-state index < -0.39 is 6.29 Å². The molecule has 174 valence electrons. The first-order valence-electron chi connectivity index (χ1n) is 12.1. The first-order chi connectivity index (χ1) is 15.7. The molecule has 2 aliphatic rings. The number of aliphatic hydroxyl groups excluding tert-OH is 1. The van der Waals surface area contributed by atoms with E-state index in [0.29, 0.717) is 18.8 Å².